The normalized spacial score (nSPS) is 16.8. The van der Waals surface area contributed by atoms with E-state index < -0.39 is 16.0 Å². The van der Waals surface area contributed by atoms with Crippen LogP contribution in [-0.4, -0.2) is 38.7 Å². The minimum absolute atomic E-state index is 0.0258. The lowest BCUT2D eigenvalue weighted by atomic mass is 10.3. The van der Waals surface area contributed by atoms with E-state index in [1.54, 1.807) is 0 Å². The van der Waals surface area contributed by atoms with Gasteiger partial charge in [-0.25, -0.2) is 17.9 Å². The van der Waals surface area contributed by atoms with Gasteiger partial charge in [0.1, 0.15) is 9.77 Å². The first-order valence-electron chi connectivity index (χ1n) is 4.53. The molecule has 0 unspecified atom stereocenters. The van der Waals surface area contributed by atoms with Gasteiger partial charge in [-0.2, -0.15) is 0 Å². The van der Waals surface area contributed by atoms with Gasteiger partial charge in [-0.15, -0.1) is 11.3 Å². The summed E-state index contributed by atoms with van der Waals surface area (Å²) in [6, 6.07) is 0.902. The number of ether oxygens (including phenoxy) is 1. The molecule has 0 atom stereocenters. The molecule has 17 heavy (non-hydrogen) atoms. The summed E-state index contributed by atoms with van der Waals surface area (Å²) >= 11 is 3.92. The Morgan fingerprint density at radius 3 is 2.65 bits per heavy atom. The van der Waals surface area contributed by atoms with Crippen LogP contribution in [0.1, 0.15) is 9.67 Å². The molecule has 2 N–H and O–H groups in total. The van der Waals surface area contributed by atoms with Gasteiger partial charge in [0, 0.05) is 0 Å². The van der Waals surface area contributed by atoms with Crippen LogP contribution in [0, 0.1) is 0 Å². The topological polar surface area (TPSA) is 92.7 Å². The first kappa shape index (κ1) is 13.0. The standard InChI is InChI=1S/C8H8BrNO5S2/c9-7-6(1-5(16-7)8(11)12)17(13,14)10-4-2-15-3-4/h1,4,10H,2-3H2,(H,11,12). The van der Waals surface area contributed by atoms with E-state index in [1.165, 1.54) is 0 Å². The molecule has 1 fully saturated rings. The Hall–Kier alpha value is -0.480. The maximum Gasteiger partial charge on any atom is 0.345 e. The summed E-state index contributed by atoms with van der Waals surface area (Å²) in [5.74, 6) is -1.15. The molecule has 2 heterocycles. The third kappa shape index (κ3) is 2.68. The Kier molecular flexibility index (Phi) is 3.55. The Morgan fingerprint density at radius 1 is 1.59 bits per heavy atom. The average molecular weight is 342 g/mol. The van der Waals surface area contributed by atoms with Crippen molar-refractivity contribution in [1.29, 1.82) is 0 Å². The van der Waals surface area contributed by atoms with Crippen LogP contribution in [0.5, 0.6) is 0 Å². The molecule has 0 spiro atoms. The lowest BCUT2D eigenvalue weighted by Gasteiger charge is -2.26. The maximum atomic E-state index is 11.9. The molecule has 0 radical (unpaired) electrons. The van der Waals surface area contributed by atoms with Crippen LogP contribution >= 0.6 is 27.3 Å². The predicted octanol–water partition coefficient (Wildman–Crippen LogP) is 0.886. The fourth-order valence-corrected chi connectivity index (χ4v) is 4.84. The van der Waals surface area contributed by atoms with E-state index in [2.05, 4.69) is 20.7 Å². The summed E-state index contributed by atoms with van der Waals surface area (Å²) in [5, 5.41) is 8.78. The molecule has 0 aromatic carbocycles. The fraction of sp³-hybridized carbons (Fsp3) is 0.375. The van der Waals surface area contributed by atoms with Crippen molar-refractivity contribution < 1.29 is 23.1 Å². The number of carbonyl (C=O) groups is 1. The summed E-state index contributed by atoms with van der Waals surface area (Å²) < 4.78 is 31.4. The highest BCUT2D eigenvalue weighted by molar-refractivity contribution is 9.11. The molecule has 0 aliphatic carbocycles. The minimum atomic E-state index is -3.69. The highest BCUT2D eigenvalue weighted by atomic mass is 79.9. The lowest BCUT2D eigenvalue weighted by Crippen LogP contribution is -2.48. The largest absolute Gasteiger partial charge is 0.477 e. The summed E-state index contributed by atoms with van der Waals surface area (Å²) in [7, 11) is -3.69. The number of rotatable bonds is 4. The summed E-state index contributed by atoms with van der Waals surface area (Å²) in [6.07, 6.45) is 0. The van der Waals surface area contributed by atoms with Gasteiger partial charge in [-0.1, -0.05) is 0 Å². The van der Waals surface area contributed by atoms with Gasteiger partial charge in [0.05, 0.1) is 23.0 Å². The van der Waals surface area contributed by atoms with Crippen LogP contribution < -0.4 is 4.72 Å². The van der Waals surface area contributed by atoms with Crippen LogP contribution in [0.2, 0.25) is 0 Å². The summed E-state index contributed by atoms with van der Waals surface area (Å²) in [4.78, 5) is 10.7. The number of aromatic carboxylic acids is 1. The molecular formula is C8H8BrNO5S2. The van der Waals surface area contributed by atoms with Gasteiger partial charge in [-0.05, 0) is 22.0 Å². The zero-order valence-corrected chi connectivity index (χ0v) is 11.6. The lowest BCUT2D eigenvalue weighted by molar-refractivity contribution is 0.00482. The van der Waals surface area contributed by atoms with Crippen molar-refractivity contribution in [3.63, 3.8) is 0 Å². The highest BCUT2D eigenvalue weighted by Crippen LogP contribution is 2.31. The second-order valence-corrected chi connectivity index (χ2v) is 7.46. The molecule has 9 heteroatoms. The first-order valence-corrected chi connectivity index (χ1v) is 7.62. The van der Waals surface area contributed by atoms with E-state index in [4.69, 9.17) is 9.84 Å². The van der Waals surface area contributed by atoms with Crippen molar-refractivity contribution in [2.24, 2.45) is 0 Å². The zero-order chi connectivity index (χ0) is 12.6. The number of nitrogens with one attached hydrogen (secondary N) is 1. The van der Waals surface area contributed by atoms with E-state index >= 15 is 0 Å². The van der Waals surface area contributed by atoms with Crippen molar-refractivity contribution in [2.45, 2.75) is 10.9 Å². The van der Waals surface area contributed by atoms with Crippen LogP contribution in [0.4, 0.5) is 0 Å². The zero-order valence-electron chi connectivity index (χ0n) is 8.34. The van der Waals surface area contributed by atoms with Crippen molar-refractivity contribution in [3.8, 4) is 0 Å². The number of thiophene rings is 1. The van der Waals surface area contributed by atoms with Gasteiger partial charge in [0.15, 0.2) is 0 Å². The molecule has 1 saturated heterocycles. The fourth-order valence-electron chi connectivity index (χ4n) is 1.23. The molecule has 6 nitrogen and oxygen atoms in total. The van der Waals surface area contributed by atoms with Crippen molar-refractivity contribution >= 4 is 43.3 Å². The van der Waals surface area contributed by atoms with Crippen molar-refractivity contribution in [1.82, 2.24) is 4.72 Å². The van der Waals surface area contributed by atoms with Crippen molar-refractivity contribution in [3.05, 3.63) is 14.7 Å². The minimum Gasteiger partial charge on any atom is -0.477 e. The quantitative estimate of drug-likeness (QED) is 0.848. The maximum absolute atomic E-state index is 11.9. The molecule has 1 aromatic heterocycles. The monoisotopic (exact) mass is 341 g/mol. The van der Waals surface area contributed by atoms with Crippen LogP contribution in [0.3, 0.4) is 0 Å². The van der Waals surface area contributed by atoms with Crippen molar-refractivity contribution in [2.75, 3.05) is 13.2 Å². The van der Waals surface area contributed by atoms with Crippen LogP contribution in [-0.2, 0) is 14.8 Å². The van der Waals surface area contributed by atoms with Crippen LogP contribution in [0.25, 0.3) is 0 Å². The van der Waals surface area contributed by atoms with Gasteiger partial charge < -0.3 is 9.84 Å². The van der Waals surface area contributed by atoms with Gasteiger partial charge in [-0.3, -0.25) is 0 Å². The molecule has 1 aliphatic rings. The second-order valence-electron chi connectivity index (χ2n) is 3.41. The predicted molar refractivity (Wildman–Crippen MR) is 63.9 cm³/mol. The van der Waals surface area contributed by atoms with Gasteiger partial charge >= 0.3 is 5.97 Å². The number of carboxylic acids is 1. The van der Waals surface area contributed by atoms with E-state index in [1.807, 2.05) is 0 Å². The van der Waals surface area contributed by atoms with E-state index in [-0.39, 0.29) is 19.6 Å². The van der Waals surface area contributed by atoms with E-state index in [0.29, 0.717) is 13.2 Å². The first-order chi connectivity index (χ1) is 7.90. The van der Waals surface area contributed by atoms with Gasteiger partial charge in [0.25, 0.3) is 0 Å². The molecule has 0 amide bonds. The van der Waals surface area contributed by atoms with Crippen LogP contribution in [0.15, 0.2) is 14.7 Å². The Labute approximate surface area is 110 Å². The molecule has 1 aromatic rings. The Bertz CT molecular complexity index is 548. The van der Waals surface area contributed by atoms with Gasteiger partial charge in [0.2, 0.25) is 10.0 Å². The van der Waals surface area contributed by atoms with E-state index in [9.17, 15) is 13.2 Å². The molecule has 0 saturated carbocycles. The average Bonchev–Trinajstić information content (AvgIpc) is 2.55. The molecule has 94 valence electrons. The molecule has 1 aliphatic heterocycles. The highest BCUT2D eigenvalue weighted by Gasteiger charge is 2.29. The summed E-state index contributed by atoms with van der Waals surface area (Å²) in [5.41, 5.74) is 0. The third-order valence-electron chi connectivity index (χ3n) is 2.12. The number of sulfonamides is 1. The second kappa shape index (κ2) is 4.65. The molecule has 2 rings (SSSR count). The summed E-state index contributed by atoms with van der Waals surface area (Å²) in [6.45, 7) is 0.680. The van der Waals surface area contributed by atoms with E-state index in [0.717, 1.165) is 17.4 Å². The molecule has 0 bridgehead atoms. The number of halogens is 1. The number of hydrogen-bond donors (Lipinski definition) is 2. The smallest absolute Gasteiger partial charge is 0.345 e. The third-order valence-corrected chi connectivity index (χ3v) is 5.88. The number of carboxylic acid groups (broad SMARTS) is 1. The SMILES string of the molecule is O=C(O)c1cc(S(=O)(=O)NC2COC2)c(Br)s1. The molecular weight excluding hydrogens is 334 g/mol. The Morgan fingerprint density at radius 2 is 2.24 bits per heavy atom. The number of hydrogen-bond acceptors (Lipinski definition) is 5. The Balaban J connectivity index is 2.28.